The van der Waals surface area contributed by atoms with Crippen molar-refractivity contribution in [1.29, 1.82) is 0 Å². The largest absolute Gasteiger partial charge is 0.497 e. The van der Waals surface area contributed by atoms with Crippen molar-refractivity contribution in [2.24, 2.45) is 0 Å². The highest BCUT2D eigenvalue weighted by Crippen LogP contribution is 2.32. The molecule has 4 rings (SSSR count). The number of carbonyl (C=O) groups excluding carboxylic acids is 2. The summed E-state index contributed by atoms with van der Waals surface area (Å²) in [6, 6.07) is 12.5. The second-order valence-electron chi connectivity index (χ2n) is 8.41. The predicted molar refractivity (Wildman–Crippen MR) is 138 cm³/mol. The number of rotatable bonds is 7. The molecule has 0 saturated carbocycles. The Balaban J connectivity index is 1.45. The molecule has 0 saturated heterocycles. The quantitative estimate of drug-likeness (QED) is 0.428. The number of sulfonamides is 1. The average molecular weight is 530 g/mol. The smallest absolute Gasteiger partial charge is 0.325 e. The van der Waals surface area contributed by atoms with Gasteiger partial charge in [-0.25, -0.2) is 18.2 Å². The van der Waals surface area contributed by atoms with Crippen molar-refractivity contribution in [3.8, 4) is 5.75 Å². The molecule has 36 heavy (non-hydrogen) atoms. The van der Waals surface area contributed by atoms with E-state index in [0.29, 0.717) is 28.6 Å². The molecule has 0 unspecified atom stereocenters. The molecular formula is C24H27N5O5S2. The van der Waals surface area contributed by atoms with Crippen LogP contribution in [0.5, 0.6) is 5.75 Å². The lowest BCUT2D eigenvalue weighted by Gasteiger charge is -2.25. The van der Waals surface area contributed by atoms with Gasteiger partial charge >= 0.3 is 6.03 Å². The summed E-state index contributed by atoms with van der Waals surface area (Å²) in [5.74, 6) is 0.176. The summed E-state index contributed by atoms with van der Waals surface area (Å²) in [5.41, 5.74) is 1.47. The molecule has 0 radical (unpaired) electrons. The summed E-state index contributed by atoms with van der Waals surface area (Å²) in [5, 5.41) is 8.55. The predicted octanol–water partition coefficient (Wildman–Crippen LogP) is 3.68. The van der Waals surface area contributed by atoms with E-state index in [1.807, 2.05) is 13.8 Å². The van der Waals surface area contributed by atoms with Crippen LogP contribution in [0.2, 0.25) is 0 Å². The van der Waals surface area contributed by atoms with Crippen LogP contribution in [0.1, 0.15) is 34.8 Å². The number of thiazole rings is 1. The van der Waals surface area contributed by atoms with Crippen molar-refractivity contribution in [3.05, 3.63) is 64.7 Å². The molecule has 2 aromatic carbocycles. The monoisotopic (exact) mass is 529 g/mol. The van der Waals surface area contributed by atoms with Crippen molar-refractivity contribution in [3.63, 3.8) is 0 Å². The molecule has 3 aromatic rings. The molecule has 3 N–H and O–H groups in total. The molecule has 10 nitrogen and oxygen atoms in total. The fourth-order valence-electron chi connectivity index (χ4n) is 3.72. The van der Waals surface area contributed by atoms with Crippen molar-refractivity contribution in [2.45, 2.75) is 37.8 Å². The number of fused-ring (bicyclic) bond motifs is 1. The van der Waals surface area contributed by atoms with Gasteiger partial charge in [-0.05, 0) is 38.1 Å². The first-order valence-corrected chi connectivity index (χ1v) is 13.5. The van der Waals surface area contributed by atoms with Crippen molar-refractivity contribution >= 4 is 44.1 Å². The maximum atomic E-state index is 13.1. The Kier molecular flexibility index (Phi) is 7.57. The second kappa shape index (κ2) is 10.6. The Morgan fingerprint density at radius 1 is 1.11 bits per heavy atom. The van der Waals surface area contributed by atoms with E-state index in [1.165, 1.54) is 34.9 Å². The summed E-state index contributed by atoms with van der Waals surface area (Å²) >= 11 is 1.22. The number of nitrogens with one attached hydrogen (secondary N) is 3. The minimum absolute atomic E-state index is 0.0479. The lowest BCUT2D eigenvalue weighted by Crippen LogP contribution is -2.35. The van der Waals surface area contributed by atoms with Crippen LogP contribution < -0.4 is 20.7 Å². The topological polar surface area (TPSA) is 130 Å². The number of methoxy groups -OCH3 is 1. The van der Waals surface area contributed by atoms with Gasteiger partial charge in [-0.15, -0.1) is 0 Å². The Hall–Kier alpha value is -3.48. The Morgan fingerprint density at radius 2 is 1.89 bits per heavy atom. The molecule has 0 atom stereocenters. The van der Waals surface area contributed by atoms with E-state index in [2.05, 4.69) is 20.9 Å². The normalized spacial score (nSPS) is 13.7. The molecule has 1 aliphatic rings. The number of anilines is 2. The van der Waals surface area contributed by atoms with Crippen LogP contribution in [0.25, 0.3) is 0 Å². The van der Waals surface area contributed by atoms with E-state index >= 15 is 0 Å². The van der Waals surface area contributed by atoms with Crippen LogP contribution in [0.4, 0.5) is 15.6 Å². The van der Waals surface area contributed by atoms with Crippen LogP contribution in [0, 0.1) is 0 Å². The zero-order valence-electron chi connectivity index (χ0n) is 20.1. The summed E-state index contributed by atoms with van der Waals surface area (Å²) < 4.78 is 32.9. The average Bonchev–Trinajstić information content (AvgIpc) is 3.25. The van der Waals surface area contributed by atoms with Crippen LogP contribution in [-0.2, 0) is 23.0 Å². The van der Waals surface area contributed by atoms with Crippen LogP contribution in [-0.4, -0.2) is 49.3 Å². The third-order valence-corrected chi connectivity index (χ3v) is 8.27. The Morgan fingerprint density at radius 3 is 2.64 bits per heavy atom. The van der Waals surface area contributed by atoms with Gasteiger partial charge in [0.05, 0.1) is 35.5 Å². The molecule has 1 aliphatic heterocycles. The third kappa shape index (κ3) is 5.66. The van der Waals surface area contributed by atoms with E-state index in [4.69, 9.17) is 4.74 Å². The lowest BCUT2D eigenvalue weighted by molar-refractivity contribution is 0.0944. The van der Waals surface area contributed by atoms with E-state index in [0.717, 1.165) is 10.6 Å². The molecule has 3 amide bonds. The molecule has 0 aliphatic carbocycles. The van der Waals surface area contributed by atoms with E-state index in [-0.39, 0.29) is 29.9 Å². The van der Waals surface area contributed by atoms with Gasteiger partial charge < -0.3 is 15.4 Å². The number of hydrogen-bond donors (Lipinski definition) is 3. The van der Waals surface area contributed by atoms with Crippen LogP contribution in [0.15, 0.2) is 53.4 Å². The van der Waals surface area contributed by atoms with Gasteiger partial charge in [0.1, 0.15) is 5.75 Å². The Labute approximate surface area is 213 Å². The van der Waals surface area contributed by atoms with E-state index in [9.17, 15) is 18.0 Å². The molecule has 190 valence electrons. The minimum atomic E-state index is -3.72. The van der Waals surface area contributed by atoms with E-state index < -0.39 is 16.1 Å². The summed E-state index contributed by atoms with van der Waals surface area (Å²) in [7, 11) is -2.23. The first-order valence-electron chi connectivity index (χ1n) is 11.3. The van der Waals surface area contributed by atoms with Crippen LogP contribution in [0.3, 0.4) is 0 Å². The molecule has 0 fully saturated rings. The van der Waals surface area contributed by atoms with Gasteiger partial charge in [-0.3, -0.25) is 10.1 Å². The number of aromatic nitrogens is 1. The van der Waals surface area contributed by atoms with Crippen molar-refractivity contribution < 1.29 is 22.7 Å². The Bertz CT molecular complexity index is 1390. The van der Waals surface area contributed by atoms with Gasteiger partial charge in [0.2, 0.25) is 10.0 Å². The number of para-hydroxylation sites is 1. The van der Waals surface area contributed by atoms with Crippen molar-refractivity contribution in [2.75, 3.05) is 24.3 Å². The number of urea groups is 1. The molecule has 0 bridgehead atoms. The molecule has 12 heteroatoms. The molecule has 0 spiro atoms. The first-order chi connectivity index (χ1) is 17.2. The van der Waals surface area contributed by atoms with Gasteiger partial charge in [0, 0.05) is 30.0 Å². The van der Waals surface area contributed by atoms with Crippen molar-refractivity contribution in [1.82, 2.24) is 14.6 Å². The maximum Gasteiger partial charge on any atom is 0.325 e. The van der Waals surface area contributed by atoms with Crippen LogP contribution >= 0.6 is 11.3 Å². The number of nitrogens with zero attached hydrogens (tertiary/aromatic N) is 2. The number of ether oxygens (including phenoxy) is 1. The van der Waals surface area contributed by atoms with Gasteiger partial charge in [0.25, 0.3) is 5.91 Å². The molecule has 1 aromatic heterocycles. The summed E-state index contributed by atoms with van der Waals surface area (Å²) in [6.45, 7) is 4.15. The highest BCUT2D eigenvalue weighted by Gasteiger charge is 2.31. The first kappa shape index (κ1) is 25.6. The highest BCUT2D eigenvalue weighted by atomic mass is 32.2. The summed E-state index contributed by atoms with van der Waals surface area (Å²) in [4.78, 5) is 30.5. The van der Waals surface area contributed by atoms with Gasteiger partial charge in [0.15, 0.2) is 5.13 Å². The zero-order valence-corrected chi connectivity index (χ0v) is 21.7. The molecular weight excluding hydrogens is 502 g/mol. The lowest BCUT2D eigenvalue weighted by atomic mass is 10.1. The highest BCUT2D eigenvalue weighted by molar-refractivity contribution is 7.89. The zero-order chi connectivity index (χ0) is 25.9. The summed E-state index contributed by atoms with van der Waals surface area (Å²) in [6.07, 6.45) is 0.427. The van der Waals surface area contributed by atoms with Gasteiger partial charge in [-0.2, -0.15) is 4.31 Å². The number of hydrogen-bond acceptors (Lipinski definition) is 7. The third-order valence-electron chi connectivity index (χ3n) is 5.44. The number of carbonyl (C=O) groups is 2. The van der Waals surface area contributed by atoms with E-state index in [1.54, 1.807) is 36.4 Å². The second-order valence-corrected chi connectivity index (χ2v) is 11.4. The SMILES string of the molecule is COc1cccc(S(=O)(=O)N2CCc3nc(NC(=O)Nc4ccccc4C(=O)NC(C)C)sc3C2)c1. The molecule has 2 heterocycles. The number of benzene rings is 2. The maximum absolute atomic E-state index is 13.1. The fourth-order valence-corrected chi connectivity index (χ4v) is 6.27. The number of amides is 3. The minimum Gasteiger partial charge on any atom is -0.497 e. The fraction of sp³-hybridized carbons (Fsp3) is 0.292. The van der Waals surface area contributed by atoms with Gasteiger partial charge in [-0.1, -0.05) is 29.5 Å². The standard InChI is InChI=1S/C24H27N5O5S2/c1-15(2)25-22(30)18-9-4-5-10-19(18)26-23(31)28-24-27-20-11-12-29(14-21(20)35-24)36(32,33)17-8-6-7-16(13-17)34-3/h4-10,13,15H,11-12,14H2,1-3H3,(H,25,30)(H2,26,27,28,31).